The number of carbonyl (C=O) groups is 1. The van der Waals surface area contributed by atoms with Crippen LogP contribution in [-0.2, 0) is 4.79 Å². The second-order valence-electron chi connectivity index (χ2n) is 3.06. The molecule has 0 aliphatic carbocycles. The van der Waals surface area contributed by atoms with E-state index in [2.05, 4.69) is 15.6 Å². The quantitative estimate of drug-likeness (QED) is 0.731. The lowest BCUT2D eigenvalue weighted by Crippen LogP contribution is -2.32. The number of likely N-dealkylation sites (N-methyl/N-ethyl adjacent to an activating group) is 1. The largest absolute Gasteiger partial charge is 0.358 e. The average Bonchev–Trinajstić information content (AvgIpc) is 2.26. The summed E-state index contributed by atoms with van der Waals surface area (Å²) >= 11 is 0. The van der Waals surface area contributed by atoms with Crippen LogP contribution in [0.1, 0.15) is 18.5 Å². The molecule has 0 saturated heterocycles. The van der Waals surface area contributed by atoms with Crippen molar-refractivity contribution in [3.63, 3.8) is 0 Å². The lowest BCUT2D eigenvalue weighted by molar-refractivity contribution is -0.119. The summed E-state index contributed by atoms with van der Waals surface area (Å²) < 4.78 is 0. The summed E-state index contributed by atoms with van der Waals surface area (Å²) in [4.78, 5) is 15.0. The third kappa shape index (κ3) is 3.14. The molecular formula is C10H15N3O. The van der Waals surface area contributed by atoms with E-state index < -0.39 is 0 Å². The van der Waals surface area contributed by atoms with E-state index in [4.69, 9.17) is 0 Å². The number of nitrogens with one attached hydrogen (secondary N) is 2. The Morgan fingerprint density at radius 3 is 3.00 bits per heavy atom. The van der Waals surface area contributed by atoms with Crippen LogP contribution < -0.4 is 10.6 Å². The first kappa shape index (κ1) is 10.7. The summed E-state index contributed by atoms with van der Waals surface area (Å²) in [6.45, 7) is 2.33. The third-order valence-electron chi connectivity index (χ3n) is 2.03. The Balaban J connectivity index is 2.43. The van der Waals surface area contributed by atoms with E-state index in [1.807, 2.05) is 19.1 Å². The highest BCUT2D eigenvalue weighted by atomic mass is 16.1. The minimum atomic E-state index is -0.0132. The van der Waals surface area contributed by atoms with Gasteiger partial charge in [-0.2, -0.15) is 0 Å². The van der Waals surface area contributed by atoms with Crippen LogP contribution in [0.25, 0.3) is 0 Å². The molecule has 1 amide bonds. The normalized spacial score (nSPS) is 12.1. The molecule has 76 valence electrons. The fourth-order valence-corrected chi connectivity index (χ4v) is 1.08. The van der Waals surface area contributed by atoms with Crippen molar-refractivity contribution in [1.29, 1.82) is 0 Å². The SMILES string of the molecule is CNC(=O)CN[C@@H](C)c1cccnc1. The van der Waals surface area contributed by atoms with Gasteiger partial charge in [-0.15, -0.1) is 0 Å². The Bertz CT molecular complexity index is 287. The van der Waals surface area contributed by atoms with Crippen molar-refractivity contribution in [2.75, 3.05) is 13.6 Å². The highest BCUT2D eigenvalue weighted by molar-refractivity contribution is 5.77. The van der Waals surface area contributed by atoms with E-state index in [0.717, 1.165) is 5.56 Å². The van der Waals surface area contributed by atoms with Crippen LogP contribution >= 0.6 is 0 Å². The maximum atomic E-state index is 11.0. The number of rotatable bonds is 4. The molecule has 4 nitrogen and oxygen atoms in total. The van der Waals surface area contributed by atoms with Gasteiger partial charge in [-0.05, 0) is 18.6 Å². The summed E-state index contributed by atoms with van der Waals surface area (Å²) in [5.74, 6) is -0.0132. The maximum Gasteiger partial charge on any atom is 0.233 e. The van der Waals surface area contributed by atoms with Crippen LogP contribution in [0.15, 0.2) is 24.5 Å². The second-order valence-corrected chi connectivity index (χ2v) is 3.06. The lowest BCUT2D eigenvalue weighted by Gasteiger charge is -2.12. The molecule has 1 atom stereocenters. The highest BCUT2D eigenvalue weighted by Gasteiger charge is 2.05. The van der Waals surface area contributed by atoms with Gasteiger partial charge in [0.25, 0.3) is 0 Å². The van der Waals surface area contributed by atoms with Gasteiger partial charge in [-0.25, -0.2) is 0 Å². The number of pyridine rings is 1. The molecule has 1 heterocycles. The molecule has 0 radical (unpaired) electrons. The van der Waals surface area contributed by atoms with Gasteiger partial charge < -0.3 is 10.6 Å². The van der Waals surface area contributed by atoms with Gasteiger partial charge in [-0.1, -0.05) is 6.07 Å². The molecule has 14 heavy (non-hydrogen) atoms. The van der Waals surface area contributed by atoms with Gasteiger partial charge in [0.05, 0.1) is 6.54 Å². The topological polar surface area (TPSA) is 54.0 Å². The number of hydrogen-bond donors (Lipinski definition) is 2. The van der Waals surface area contributed by atoms with Crippen LogP contribution in [0.3, 0.4) is 0 Å². The van der Waals surface area contributed by atoms with Gasteiger partial charge >= 0.3 is 0 Å². The molecule has 1 rings (SSSR count). The first-order chi connectivity index (χ1) is 6.74. The van der Waals surface area contributed by atoms with Crippen molar-refractivity contribution < 1.29 is 4.79 Å². The Hall–Kier alpha value is -1.42. The zero-order valence-corrected chi connectivity index (χ0v) is 8.45. The van der Waals surface area contributed by atoms with Crippen LogP contribution in [-0.4, -0.2) is 24.5 Å². The number of hydrogen-bond acceptors (Lipinski definition) is 3. The highest BCUT2D eigenvalue weighted by Crippen LogP contribution is 2.08. The Morgan fingerprint density at radius 1 is 1.64 bits per heavy atom. The van der Waals surface area contributed by atoms with Crippen molar-refractivity contribution in [2.45, 2.75) is 13.0 Å². The molecule has 0 saturated carbocycles. The zero-order chi connectivity index (χ0) is 10.4. The van der Waals surface area contributed by atoms with Crippen molar-refractivity contribution in [2.24, 2.45) is 0 Å². The summed E-state index contributed by atoms with van der Waals surface area (Å²) in [5, 5.41) is 5.65. The van der Waals surface area contributed by atoms with Crippen LogP contribution in [0.2, 0.25) is 0 Å². The molecule has 0 fully saturated rings. The molecule has 0 bridgehead atoms. The van der Waals surface area contributed by atoms with Gasteiger partial charge in [0.2, 0.25) is 5.91 Å². The number of amides is 1. The molecule has 0 unspecified atom stereocenters. The van der Waals surface area contributed by atoms with E-state index in [-0.39, 0.29) is 11.9 Å². The Kier molecular flexibility index (Phi) is 4.07. The van der Waals surface area contributed by atoms with Crippen LogP contribution in [0, 0.1) is 0 Å². The number of nitrogens with zero attached hydrogens (tertiary/aromatic N) is 1. The smallest absolute Gasteiger partial charge is 0.233 e. The van der Waals surface area contributed by atoms with Gasteiger partial charge in [-0.3, -0.25) is 9.78 Å². The summed E-state index contributed by atoms with van der Waals surface area (Å²) in [6, 6.07) is 4.00. The lowest BCUT2D eigenvalue weighted by atomic mass is 10.1. The molecule has 1 aromatic heterocycles. The van der Waals surface area contributed by atoms with Crippen LogP contribution in [0.5, 0.6) is 0 Å². The molecule has 2 N–H and O–H groups in total. The minimum absolute atomic E-state index is 0.0132. The minimum Gasteiger partial charge on any atom is -0.358 e. The summed E-state index contributed by atoms with van der Waals surface area (Å²) in [5.41, 5.74) is 1.08. The van der Waals surface area contributed by atoms with Crippen molar-refractivity contribution >= 4 is 5.91 Å². The molecule has 0 spiro atoms. The van der Waals surface area contributed by atoms with Gasteiger partial charge in [0, 0.05) is 25.5 Å². The summed E-state index contributed by atoms with van der Waals surface area (Å²) in [7, 11) is 1.62. The standard InChI is InChI=1S/C10H15N3O/c1-8(13-7-10(14)11-2)9-4-3-5-12-6-9/h3-6,8,13H,7H2,1-2H3,(H,11,14)/t8-/m0/s1. The first-order valence-electron chi connectivity index (χ1n) is 4.58. The van der Waals surface area contributed by atoms with Crippen molar-refractivity contribution in [3.05, 3.63) is 30.1 Å². The number of aromatic nitrogens is 1. The molecule has 0 aromatic carbocycles. The van der Waals surface area contributed by atoms with E-state index in [0.29, 0.717) is 6.54 Å². The van der Waals surface area contributed by atoms with E-state index in [1.165, 1.54) is 0 Å². The van der Waals surface area contributed by atoms with Gasteiger partial charge in [0.1, 0.15) is 0 Å². The fourth-order valence-electron chi connectivity index (χ4n) is 1.08. The van der Waals surface area contributed by atoms with E-state index in [1.54, 1.807) is 19.4 Å². The Labute approximate surface area is 83.7 Å². The van der Waals surface area contributed by atoms with Crippen molar-refractivity contribution in [3.8, 4) is 0 Å². The second kappa shape index (κ2) is 5.34. The van der Waals surface area contributed by atoms with Gasteiger partial charge in [0.15, 0.2) is 0 Å². The number of carbonyl (C=O) groups excluding carboxylic acids is 1. The third-order valence-corrected chi connectivity index (χ3v) is 2.03. The molecular weight excluding hydrogens is 178 g/mol. The first-order valence-corrected chi connectivity index (χ1v) is 4.58. The maximum absolute atomic E-state index is 11.0. The van der Waals surface area contributed by atoms with E-state index in [9.17, 15) is 4.79 Å². The summed E-state index contributed by atoms with van der Waals surface area (Å²) in [6.07, 6.45) is 3.52. The van der Waals surface area contributed by atoms with Crippen molar-refractivity contribution in [1.82, 2.24) is 15.6 Å². The monoisotopic (exact) mass is 193 g/mol. The Morgan fingerprint density at radius 2 is 2.43 bits per heavy atom. The zero-order valence-electron chi connectivity index (χ0n) is 8.45. The molecule has 4 heteroatoms. The van der Waals surface area contributed by atoms with Crippen LogP contribution in [0.4, 0.5) is 0 Å². The molecule has 0 aliphatic rings. The predicted octanol–water partition coefficient (Wildman–Crippen LogP) is 0.478. The fraction of sp³-hybridized carbons (Fsp3) is 0.400. The molecule has 0 aliphatic heterocycles. The van der Waals surface area contributed by atoms with E-state index >= 15 is 0 Å². The predicted molar refractivity (Wildman–Crippen MR) is 54.7 cm³/mol. The molecule has 1 aromatic rings. The average molecular weight is 193 g/mol.